The Labute approximate surface area is 128 Å². The molecule has 2 nitrogen and oxygen atoms in total. The fraction of sp³-hybridized carbons (Fsp3) is 0.714. The molecular weight excluding hydrogens is 296 g/mol. The minimum absolute atomic E-state index is 0.425. The van der Waals surface area contributed by atoms with Crippen LogP contribution in [0.1, 0.15) is 48.5 Å². The molecule has 3 rings (SSSR count). The Kier molecular flexibility index (Phi) is 4.60. The minimum atomic E-state index is 0.425. The zero-order valence-electron chi connectivity index (χ0n) is 11.2. The summed E-state index contributed by atoms with van der Waals surface area (Å²) in [5, 5.41) is 1.77. The molecule has 2 aliphatic rings. The van der Waals surface area contributed by atoms with Gasteiger partial charge >= 0.3 is 0 Å². The van der Waals surface area contributed by atoms with E-state index in [1.54, 1.807) is 0 Å². The maximum absolute atomic E-state index is 6.39. The maximum Gasteiger partial charge on any atom is 0.144 e. The predicted molar refractivity (Wildman–Crippen MR) is 85.4 cm³/mol. The fourth-order valence-electron chi connectivity index (χ4n) is 2.84. The Hall–Kier alpha value is 0.0700. The van der Waals surface area contributed by atoms with E-state index < -0.39 is 0 Å². The highest BCUT2D eigenvalue weighted by atomic mass is 35.5. The Morgan fingerprint density at radius 1 is 1.16 bits per heavy atom. The van der Waals surface area contributed by atoms with Crippen molar-refractivity contribution in [1.29, 1.82) is 0 Å². The second kappa shape index (κ2) is 6.23. The number of nitrogens with zero attached hydrogens (tertiary/aromatic N) is 2. The number of rotatable bonds is 2. The summed E-state index contributed by atoms with van der Waals surface area (Å²) in [7, 11) is 0. The van der Waals surface area contributed by atoms with Crippen molar-refractivity contribution in [2.24, 2.45) is 0 Å². The molecule has 1 aliphatic carbocycles. The molecule has 2 unspecified atom stereocenters. The average Bonchev–Trinajstić information content (AvgIpc) is 2.47. The number of aryl methyl sites for hydroxylation is 1. The highest BCUT2D eigenvalue weighted by Crippen LogP contribution is 2.43. The van der Waals surface area contributed by atoms with Gasteiger partial charge in [0, 0.05) is 28.0 Å². The molecule has 1 fully saturated rings. The second-order valence-electron chi connectivity index (χ2n) is 5.11. The Morgan fingerprint density at radius 2 is 1.95 bits per heavy atom. The monoisotopic (exact) mass is 314 g/mol. The average molecular weight is 315 g/mol. The van der Waals surface area contributed by atoms with Crippen molar-refractivity contribution >= 4 is 35.1 Å². The van der Waals surface area contributed by atoms with Gasteiger partial charge in [-0.15, -0.1) is 11.8 Å². The molecule has 0 amide bonds. The predicted octanol–water partition coefficient (Wildman–Crippen LogP) is 4.31. The van der Waals surface area contributed by atoms with Crippen LogP contribution in [0, 0.1) is 0 Å². The van der Waals surface area contributed by atoms with Crippen molar-refractivity contribution in [3.63, 3.8) is 0 Å². The number of hydrogen-bond donors (Lipinski definition) is 0. The topological polar surface area (TPSA) is 25.8 Å². The van der Waals surface area contributed by atoms with Gasteiger partial charge in [0.15, 0.2) is 0 Å². The van der Waals surface area contributed by atoms with Crippen LogP contribution in [0.25, 0.3) is 0 Å². The zero-order chi connectivity index (χ0) is 13.2. The van der Waals surface area contributed by atoms with E-state index in [4.69, 9.17) is 16.6 Å². The second-order valence-corrected chi connectivity index (χ2v) is 8.07. The van der Waals surface area contributed by atoms with Crippen LogP contribution >= 0.6 is 35.1 Å². The Bertz CT molecular complexity index is 467. The van der Waals surface area contributed by atoms with Crippen molar-refractivity contribution in [1.82, 2.24) is 9.97 Å². The van der Waals surface area contributed by atoms with E-state index in [1.165, 1.54) is 42.0 Å². The molecule has 5 heteroatoms. The standard InChI is InChI=1S/C14H19ClN2S2/c1-2-11-12(19-8-7-18-11)14-16-10-6-4-3-5-9(10)13(15)17-14/h11-12H,2-8H2,1H3. The fourth-order valence-corrected chi connectivity index (χ4v) is 6.12. The number of hydrogen-bond acceptors (Lipinski definition) is 4. The van der Waals surface area contributed by atoms with Gasteiger partial charge in [0.25, 0.3) is 0 Å². The molecule has 1 aromatic rings. The molecule has 2 atom stereocenters. The van der Waals surface area contributed by atoms with Gasteiger partial charge < -0.3 is 0 Å². The first-order chi connectivity index (χ1) is 9.29. The SMILES string of the molecule is CCC1SCCSC1c1nc(Cl)c2c(n1)CCCC2. The lowest BCUT2D eigenvalue weighted by atomic mass is 9.97. The molecule has 0 N–H and O–H groups in total. The van der Waals surface area contributed by atoms with Crippen LogP contribution in [0.4, 0.5) is 0 Å². The van der Waals surface area contributed by atoms with Gasteiger partial charge in [0.1, 0.15) is 11.0 Å². The maximum atomic E-state index is 6.39. The third kappa shape index (κ3) is 2.91. The highest BCUT2D eigenvalue weighted by Gasteiger charge is 2.30. The number of halogens is 1. The first-order valence-corrected chi connectivity index (χ1v) is 9.55. The number of aromatic nitrogens is 2. The molecule has 19 heavy (non-hydrogen) atoms. The normalized spacial score (nSPS) is 27.1. The Morgan fingerprint density at radius 3 is 2.79 bits per heavy atom. The summed E-state index contributed by atoms with van der Waals surface area (Å²) in [5.41, 5.74) is 2.42. The molecule has 104 valence electrons. The summed E-state index contributed by atoms with van der Waals surface area (Å²) in [5.74, 6) is 3.43. The molecule has 0 bridgehead atoms. The van der Waals surface area contributed by atoms with E-state index in [0.29, 0.717) is 15.7 Å². The molecule has 1 saturated heterocycles. The summed E-state index contributed by atoms with van der Waals surface area (Å²) in [6.45, 7) is 2.26. The van der Waals surface area contributed by atoms with E-state index in [0.717, 1.165) is 18.7 Å². The summed E-state index contributed by atoms with van der Waals surface area (Å²) in [6, 6.07) is 0. The first-order valence-electron chi connectivity index (χ1n) is 7.08. The van der Waals surface area contributed by atoms with Crippen LogP contribution in [0.5, 0.6) is 0 Å². The number of fused-ring (bicyclic) bond motifs is 1. The van der Waals surface area contributed by atoms with Gasteiger partial charge in [-0.1, -0.05) is 18.5 Å². The van der Waals surface area contributed by atoms with Crippen molar-refractivity contribution in [3.8, 4) is 0 Å². The van der Waals surface area contributed by atoms with E-state index in [9.17, 15) is 0 Å². The Balaban J connectivity index is 1.93. The van der Waals surface area contributed by atoms with Crippen molar-refractivity contribution in [2.75, 3.05) is 11.5 Å². The third-order valence-electron chi connectivity index (χ3n) is 3.86. The van der Waals surface area contributed by atoms with Crippen LogP contribution < -0.4 is 0 Å². The molecular formula is C14H19ClN2S2. The van der Waals surface area contributed by atoms with Gasteiger partial charge in [-0.05, 0) is 32.1 Å². The zero-order valence-corrected chi connectivity index (χ0v) is 13.6. The lowest BCUT2D eigenvalue weighted by molar-refractivity contribution is 0.646. The first kappa shape index (κ1) is 14.0. The minimum Gasteiger partial charge on any atom is -0.236 e. The van der Waals surface area contributed by atoms with Crippen LogP contribution in [-0.4, -0.2) is 26.7 Å². The van der Waals surface area contributed by atoms with Gasteiger partial charge in [-0.25, -0.2) is 9.97 Å². The van der Waals surface area contributed by atoms with Crippen LogP contribution in [-0.2, 0) is 12.8 Å². The summed E-state index contributed by atoms with van der Waals surface area (Å²) >= 11 is 10.5. The molecule has 2 heterocycles. The molecule has 1 aromatic heterocycles. The van der Waals surface area contributed by atoms with E-state index >= 15 is 0 Å². The van der Waals surface area contributed by atoms with Gasteiger partial charge in [-0.2, -0.15) is 11.8 Å². The van der Waals surface area contributed by atoms with Crippen molar-refractivity contribution in [3.05, 3.63) is 22.2 Å². The molecule has 0 radical (unpaired) electrons. The molecule has 0 saturated carbocycles. The molecule has 0 aromatic carbocycles. The molecule has 1 aliphatic heterocycles. The van der Waals surface area contributed by atoms with Gasteiger partial charge in [0.2, 0.25) is 0 Å². The lowest BCUT2D eigenvalue weighted by Gasteiger charge is -2.29. The largest absolute Gasteiger partial charge is 0.236 e. The third-order valence-corrected chi connectivity index (χ3v) is 7.41. The van der Waals surface area contributed by atoms with Crippen LogP contribution in [0.2, 0.25) is 5.15 Å². The van der Waals surface area contributed by atoms with E-state index in [1.807, 2.05) is 11.8 Å². The van der Waals surface area contributed by atoms with E-state index in [-0.39, 0.29) is 0 Å². The van der Waals surface area contributed by atoms with Crippen molar-refractivity contribution in [2.45, 2.75) is 49.5 Å². The lowest BCUT2D eigenvalue weighted by Crippen LogP contribution is -2.22. The van der Waals surface area contributed by atoms with Crippen LogP contribution in [0.15, 0.2) is 0 Å². The quantitative estimate of drug-likeness (QED) is 0.760. The van der Waals surface area contributed by atoms with E-state index in [2.05, 4.69) is 23.7 Å². The highest BCUT2D eigenvalue weighted by molar-refractivity contribution is 8.06. The van der Waals surface area contributed by atoms with Crippen LogP contribution in [0.3, 0.4) is 0 Å². The number of thioether (sulfide) groups is 2. The summed E-state index contributed by atoms with van der Waals surface area (Å²) in [6.07, 6.45) is 5.77. The summed E-state index contributed by atoms with van der Waals surface area (Å²) < 4.78 is 0. The van der Waals surface area contributed by atoms with Gasteiger partial charge in [-0.3, -0.25) is 0 Å². The summed E-state index contributed by atoms with van der Waals surface area (Å²) in [4.78, 5) is 9.49. The molecule has 0 spiro atoms. The van der Waals surface area contributed by atoms with Crippen molar-refractivity contribution < 1.29 is 0 Å². The van der Waals surface area contributed by atoms with Gasteiger partial charge in [0.05, 0.1) is 5.25 Å². The smallest absolute Gasteiger partial charge is 0.144 e.